The molecule has 0 saturated carbocycles. The van der Waals surface area contributed by atoms with Gasteiger partial charge in [-0.2, -0.15) is 0 Å². The molecule has 0 unspecified atom stereocenters. The summed E-state index contributed by atoms with van der Waals surface area (Å²) in [6.45, 7) is 4.53. The molecule has 1 heterocycles. The van der Waals surface area contributed by atoms with E-state index in [1.54, 1.807) is 0 Å². The summed E-state index contributed by atoms with van der Waals surface area (Å²) >= 11 is 0. The lowest BCUT2D eigenvalue weighted by molar-refractivity contribution is -0.140. The molecule has 0 spiro atoms. The zero-order valence-corrected chi connectivity index (χ0v) is 26.0. The summed E-state index contributed by atoms with van der Waals surface area (Å²) in [5.74, 6) is 0.0962. The van der Waals surface area contributed by atoms with Crippen molar-refractivity contribution in [2.75, 3.05) is 0 Å². The molecule has 0 saturated heterocycles. The monoisotopic (exact) mass is 607 g/mol. The van der Waals surface area contributed by atoms with E-state index < -0.39 is 17.6 Å². The first-order chi connectivity index (χ1) is 22.5. The summed E-state index contributed by atoms with van der Waals surface area (Å²) in [4.78, 5) is 11.7. The van der Waals surface area contributed by atoms with Crippen LogP contribution in [0.3, 0.4) is 0 Å². The van der Waals surface area contributed by atoms with Crippen LogP contribution in [0.5, 0.6) is 0 Å². The largest absolute Gasteiger partial charge is 0.480 e. The molecule has 1 atom stereocenters. The van der Waals surface area contributed by atoms with Crippen LogP contribution in [0, 0.1) is 5.92 Å². The normalized spacial score (nSPS) is 12.2. The molecular weight excluding hydrogens is 570 g/mol. The minimum absolute atomic E-state index is 0.286. The molecular formula is C39H37N5O2. The van der Waals surface area contributed by atoms with Crippen LogP contribution in [-0.4, -0.2) is 37.3 Å². The molecule has 0 fully saturated rings. The van der Waals surface area contributed by atoms with Crippen molar-refractivity contribution in [1.82, 2.24) is 25.5 Å². The maximum Gasteiger partial charge on any atom is 0.320 e. The average Bonchev–Trinajstić information content (AvgIpc) is 3.58. The maximum absolute atomic E-state index is 11.7. The number of rotatable bonds is 12. The summed E-state index contributed by atoms with van der Waals surface area (Å²) < 4.78 is 1.95. The summed E-state index contributed by atoms with van der Waals surface area (Å²) in [7, 11) is 0. The highest BCUT2D eigenvalue weighted by Gasteiger charge is 2.42. The van der Waals surface area contributed by atoms with Crippen molar-refractivity contribution in [3.63, 3.8) is 0 Å². The molecule has 1 aromatic heterocycles. The first-order valence-electron chi connectivity index (χ1n) is 15.6. The van der Waals surface area contributed by atoms with Crippen LogP contribution in [0.15, 0.2) is 140 Å². The van der Waals surface area contributed by atoms with E-state index in [4.69, 9.17) is 5.21 Å². The summed E-state index contributed by atoms with van der Waals surface area (Å²) in [5, 5.41) is 26.5. The van der Waals surface area contributed by atoms with Crippen molar-refractivity contribution in [3.8, 4) is 22.5 Å². The fourth-order valence-corrected chi connectivity index (χ4v) is 6.20. The molecule has 0 bridgehead atoms. The highest BCUT2D eigenvalue weighted by molar-refractivity contribution is 5.81. The standard InChI is InChI=1S/C39H37N5O2/c1-28(2)26-36(38(45)46)40-27-29-22-24-30(25-23-29)34-20-12-13-21-35(34)37-41-42-43-44(37)39(31-14-6-3-7-15-31,32-16-8-4-9-17-32)33-18-10-5-11-19-33/h3-25,28,36,40H,26-27H2,1-2H3,(H,45,46)/t36-/m0/s1. The van der Waals surface area contributed by atoms with Gasteiger partial charge in [0, 0.05) is 12.1 Å². The summed E-state index contributed by atoms with van der Waals surface area (Å²) in [6, 6.07) is 46.9. The van der Waals surface area contributed by atoms with Gasteiger partial charge in [-0.15, -0.1) is 5.10 Å². The minimum Gasteiger partial charge on any atom is -0.480 e. The number of tetrazole rings is 1. The zero-order chi connectivity index (χ0) is 31.9. The summed E-state index contributed by atoms with van der Waals surface area (Å²) in [5.41, 5.74) is 6.15. The van der Waals surface area contributed by atoms with Crippen molar-refractivity contribution in [2.24, 2.45) is 5.92 Å². The van der Waals surface area contributed by atoms with E-state index in [9.17, 15) is 9.90 Å². The highest BCUT2D eigenvalue weighted by atomic mass is 16.4. The number of aliphatic carboxylic acids is 1. The number of hydrogen-bond acceptors (Lipinski definition) is 5. The van der Waals surface area contributed by atoms with Gasteiger partial charge in [0.25, 0.3) is 0 Å². The molecule has 7 heteroatoms. The second kappa shape index (κ2) is 13.7. The Labute approximate surface area is 269 Å². The van der Waals surface area contributed by atoms with Crippen LogP contribution in [0.25, 0.3) is 22.5 Å². The van der Waals surface area contributed by atoms with Gasteiger partial charge in [-0.25, -0.2) is 4.68 Å². The third kappa shape index (κ3) is 6.10. The number of aromatic nitrogens is 4. The lowest BCUT2D eigenvalue weighted by Gasteiger charge is -2.36. The van der Waals surface area contributed by atoms with E-state index in [1.807, 2.05) is 97.4 Å². The molecule has 230 valence electrons. The number of carbonyl (C=O) groups is 1. The number of carboxylic acids is 1. The van der Waals surface area contributed by atoms with E-state index in [-0.39, 0.29) is 5.92 Å². The molecule has 7 nitrogen and oxygen atoms in total. The van der Waals surface area contributed by atoms with Crippen LogP contribution >= 0.6 is 0 Å². The van der Waals surface area contributed by atoms with E-state index in [1.165, 1.54) is 0 Å². The average molecular weight is 608 g/mol. The fraction of sp³-hybridized carbons (Fsp3) is 0.179. The van der Waals surface area contributed by atoms with E-state index in [0.29, 0.717) is 18.8 Å². The van der Waals surface area contributed by atoms with Crippen LogP contribution in [-0.2, 0) is 16.9 Å². The van der Waals surface area contributed by atoms with Crippen molar-refractivity contribution in [1.29, 1.82) is 0 Å². The molecule has 6 rings (SSSR count). The molecule has 0 aliphatic carbocycles. The first kappa shape index (κ1) is 30.6. The quantitative estimate of drug-likeness (QED) is 0.141. The number of carboxylic acid groups (broad SMARTS) is 1. The lowest BCUT2D eigenvalue weighted by atomic mass is 9.77. The zero-order valence-electron chi connectivity index (χ0n) is 26.0. The lowest BCUT2D eigenvalue weighted by Crippen LogP contribution is -2.39. The predicted molar refractivity (Wildman–Crippen MR) is 181 cm³/mol. The third-order valence-corrected chi connectivity index (χ3v) is 8.35. The van der Waals surface area contributed by atoms with Crippen LogP contribution in [0.2, 0.25) is 0 Å². The molecule has 5 aromatic carbocycles. The van der Waals surface area contributed by atoms with Gasteiger partial charge in [0.15, 0.2) is 5.82 Å². The smallest absolute Gasteiger partial charge is 0.320 e. The van der Waals surface area contributed by atoms with E-state index in [0.717, 1.165) is 38.9 Å². The van der Waals surface area contributed by atoms with Crippen molar-refractivity contribution in [3.05, 3.63) is 162 Å². The molecule has 0 amide bonds. The number of hydrogen-bond donors (Lipinski definition) is 2. The van der Waals surface area contributed by atoms with Gasteiger partial charge in [-0.1, -0.05) is 153 Å². The van der Waals surface area contributed by atoms with Crippen LogP contribution in [0.4, 0.5) is 0 Å². The molecule has 0 aliphatic heterocycles. The van der Waals surface area contributed by atoms with Gasteiger partial charge in [-0.3, -0.25) is 4.79 Å². The van der Waals surface area contributed by atoms with Crippen LogP contribution < -0.4 is 5.32 Å². The number of nitrogens with zero attached hydrogens (tertiary/aromatic N) is 4. The SMILES string of the molecule is CC(C)C[C@H](NCc1ccc(-c2ccccc2-c2nnnn2C(c2ccccc2)(c2ccccc2)c2ccccc2)cc1)C(=O)O. The second-order valence-corrected chi connectivity index (χ2v) is 11.9. The first-order valence-corrected chi connectivity index (χ1v) is 15.6. The van der Waals surface area contributed by atoms with Crippen LogP contribution in [0.1, 0.15) is 42.5 Å². The molecule has 2 N–H and O–H groups in total. The van der Waals surface area contributed by atoms with E-state index >= 15 is 0 Å². The van der Waals surface area contributed by atoms with Crippen molar-refractivity contribution in [2.45, 2.75) is 38.4 Å². The Balaban J connectivity index is 1.45. The number of benzene rings is 5. The van der Waals surface area contributed by atoms with Gasteiger partial charge >= 0.3 is 5.97 Å². The topological polar surface area (TPSA) is 92.9 Å². The Morgan fingerprint density at radius 1 is 0.717 bits per heavy atom. The fourth-order valence-electron chi connectivity index (χ4n) is 6.20. The van der Waals surface area contributed by atoms with Crippen molar-refractivity contribution >= 4 is 5.97 Å². The molecule has 46 heavy (non-hydrogen) atoms. The maximum atomic E-state index is 11.7. The highest BCUT2D eigenvalue weighted by Crippen LogP contribution is 2.43. The van der Waals surface area contributed by atoms with Crippen molar-refractivity contribution < 1.29 is 9.90 Å². The Hall–Kier alpha value is -5.40. The molecule has 0 aliphatic rings. The van der Waals surface area contributed by atoms with Gasteiger partial charge in [-0.05, 0) is 56.1 Å². The van der Waals surface area contributed by atoms with E-state index in [2.05, 4.69) is 76.3 Å². The predicted octanol–water partition coefficient (Wildman–Crippen LogP) is 7.44. The Morgan fingerprint density at radius 3 is 1.72 bits per heavy atom. The molecule has 0 radical (unpaired) electrons. The molecule has 6 aromatic rings. The minimum atomic E-state index is -0.859. The second-order valence-electron chi connectivity index (χ2n) is 11.9. The Morgan fingerprint density at radius 2 is 1.22 bits per heavy atom. The Bertz CT molecular complexity index is 1770. The van der Waals surface area contributed by atoms with Gasteiger partial charge in [0.1, 0.15) is 11.6 Å². The van der Waals surface area contributed by atoms with Gasteiger partial charge in [0.05, 0.1) is 0 Å². The summed E-state index contributed by atoms with van der Waals surface area (Å²) in [6.07, 6.45) is 0.575. The van der Waals surface area contributed by atoms with Gasteiger partial charge in [0.2, 0.25) is 0 Å². The Kier molecular flexibility index (Phi) is 9.13. The third-order valence-electron chi connectivity index (χ3n) is 8.35. The number of nitrogens with one attached hydrogen (secondary N) is 1. The van der Waals surface area contributed by atoms with Gasteiger partial charge < -0.3 is 10.4 Å².